The molecule has 1 rings (SSSR count). The summed E-state index contributed by atoms with van der Waals surface area (Å²) in [6.45, 7) is 0. The lowest BCUT2D eigenvalue weighted by Crippen LogP contribution is -2.15. The summed E-state index contributed by atoms with van der Waals surface area (Å²) < 4.78 is 46.5. The molecule has 0 aliphatic rings. The Morgan fingerprint density at radius 1 is 1.38 bits per heavy atom. The van der Waals surface area contributed by atoms with Gasteiger partial charge in [0.05, 0.1) is 25.3 Å². The van der Waals surface area contributed by atoms with E-state index in [1.54, 1.807) is 0 Å². The number of hydrogen-bond acceptors (Lipinski definition) is 4. The fraction of sp³-hybridized carbons (Fsp3) is 0.333. The molecule has 16 heavy (non-hydrogen) atoms. The fourth-order valence-corrected chi connectivity index (χ4v) is 1.05. The van der Waals surface area contributed by atoms with E-state index in [2.05, 4.69) is 14.5 Å². The number of hydrogen-bond donors (Lipinski definition) is 0. The van der Waals surface area contributed by atoms with Gasteiger partial charge in [0.25, 0.3) is 0 Å². The van der Waals surface area contributed by atoms with E-state index < -0.39 is 23.3 Å². The van der Waals surface area contributed by atoms with E-state index >= 15 is 0 Å². The van der Waals surface area contributed by atoms with Gasteiger partial charge in [-0.1, -0.05) is 0 Å². The van der Waals surface area contributed by atoms with Crippen molar-refractivity contribution in [2.45, 2.75) is 6.18 Å². The van der Waals surface area contributed by atoms with Crippen LogP contribution in [0.25, 0.3) is 0 Å². The maximum Gasteiger partial charge on any atom is 0.417 e. The summed E-state index contributed by atoms with van der Waals surface area (Å²) in [4.78, 5) is 14.6. The van der Waals surface area contributed by atoms with Gasteiger partial charge in [0.2, 0.25) is 5.88 Å². The van der Waals surface area contributed by atoms with Crippen molar-refractivity contribution in [2.24, 2.45) is 0 Å². The van der Waals surface area contributed by atoms with E-state index in [1.165, 1.54) is 7.11 Å². The van der Waals surface area contributed by atoms with Crippen LogP contribution in [-0.4, -0.2) is 25.2 Å². The monoisotopic (exact) mass is 235 g/mol. The lowest BCUT2D eigenvalue weighted by molar-refractivity contribution is -0.138. The Bertz CT molecular complexity index is 403. The van der Waals surface area contributed by atoms with Crippen molar-refractivity contribution in [3.8, 4) is 5.88 Å². The Morgan fingerprint density at radius 2 is 2.00 bits per heavy atom. The molecule has 0 unspecified atom stereocenters. The van der Waals surface area contributed by atoms with Crippen LogP contribution in [0.3, 0.4) is 0 Å². The van der Waals surface area contributed by atoms with Gasteiger partial charge in [-0.2, -0.15) is 13.2 Å². The third-order valence-corrected chi connectivity index (χ3v) is 1.80. The first-order valence-electron chi connectivity index (χ1n) is 4.09. The number of alkyl halides is 3. The van der Waals surface area contributed by atoms with Crippen molar-refractivity contribution >= 4 is 5.97 Å². The molecule has 0 bridgehead atoms. The molecule has 1 aromatic heterocycles. The number of ether oxygens (including phenoxy) is 2. The first kappa shape index (κ1) is 12.3. The maximum absolute atomic E-state index is 12.6. The van der Waals surface area contributed by atoms with Gasteiger partial charge in [-0.15, -0.1) is 0 Å². The molecule has 88 valence electrons. The molecule has 7 heteroatoms. The first-order valence-corrected chi connectivity index (χ1v) is 4.09. The van der Waals surface area contributed by atoms with Crippen LogP contribution in [0.2, 0.25) is 0 Å². The van der Waals surface area contributed by atoms with Crippen molar-refractivity contribution in [3.63, 3.8) is 0 Å². The number of carbonyl (C=O) groups is 1. The van der Waals surface area contributed by atoms with Crippen molar-refractivity contribution < 1.29 is 27.4 Å². The van der Waals surface area contributed by atoms with Crippen LogP contribution in [0.1, 0.15) is 15.9 Å². The van der Waals surface area contributed by atoms with Gasteiger partial charge < -0.3 is 9.47 Å². The molecule has 0 aromatic carbocycles. The first-order chi connectivity index (χ1) is 7.40. The van der Waals surface area contributed by atoms with Crippen molar-refractivity contribution in [3.05, 3.63) is 23.4 Å². The van der Waals surface area contributed by atoms with Gasteiger partial charge in [-0.25, -0.2) is 9.78 Å². The van der Waals surface area contributed by atoms with Crippen LogP contribution in [-0.2, 0) is 10.9 Å². The molecular formula is C9H8F3NO3. The molecule has 0 saturated carbocycles. The van der Waals surface area contributed by atoms with Gasteiger partial charge in [0.1, 0.15) is 0 Å². The summed E-state index contributed by atoms with van der Waals surface area (Å²) in [6.07, 6.45) is -3.90. The Kier molecular flexibility index (Phi) is 3.36. The molecular weight excluding hydrogens is 227 g/mol. The summed E-state index contributed by atoms with van der Waals surface area (Å²) >= 11 is 0. The molecule has 0 aliphatic heterocycles. The quantitative estimate of drug-likeness (QED) is 0.734. The zero-order valence-electron chi connectivity index (χ0n) is 8.46. The van der Waals surface area contributed by atoms with Crippen LogP contribution in [0.5, 0.6) is 5.88 Å². The number of aromatic nitrogens is 1. The fourth-order valence-electron chi connectivity index (χ4n) is 1.05. The second-order valence-corrected chi connectivity index (χ2v) is 2.76. The summed E-state index contributed by atoms with van der Waals surface area (Å²) in [6, 6.07) is 0.645. The van der Waals surface area contributed by atoms with Crippen LogP contribution in [0.4, 0.5) is 13.2 Å². The van der Waals surface area contributed by atoms with Gasteiger partial charge >= 0.3 is 12.1 Å². The smallest absolute Gasteiger partial charge is 0.417 e. The highest BCUT2D eigenvalue weighted by atomic mass is 19.4. The number of rotatable bonds is 2. The second kappa shape index (κ2) is 4.38. The van der Waals surface area contributed by atoms with Gasteiger partial charge in [-0.05, 0) is 0 Å². The van der Waals surface area contributed by atoms with E-state index in [0.29, 0.717) is 6.07 Å². The molecule has 0 aliphatic carbocycles. The highest BCUT2D eigenvalue weighted by Crippen LogP contribution is 2.33. The number of nitrogens with zero attached hydrogens (tertiary/aromatic N) is 1. The normalized spacial score (nSPS) is 11.1. The molecule has 0 saturated heterocycles. The minimum atomic E-state index is -4.67. The number of pyridine rings is 1. The van der Waals surface area contributed by atoms with Gasteiger partial charge in [0, 0.05) is 12.3 Å². The molecule has 0 N–H and O–H groups in total. The predicted molar refractivity (Wildman–Crippen MR) is 47.1 cm³/mol. The second-order valence-electron chi connectivity index (χ2n) is 2.76. The number of halogens is 3. The van der Waals surface area contributed by atoms with E-state index in [9.17, 15) is 18.0 Å². The molecule has 0 spiro atoms. The molecule has 1 heterocycles. The molecule has 0 radical (unpaired) electrons. The lowest BCUT2D eigenvalue weighted by Gasteiger charge is -2.11. The Hall–Kier alpha value is -1.79. The third kappa shape index (κ3) is 2.41. The highest BCUT2D eigenvalue weighted by Gasteiger charge is 2.36. The number of methoxy groups -OCH3 is 2. The summed E-state index contributed by atoms with van der Waals surface area (Å²) in [7, 11) is 2.17. The standard InChI is InChI=1S/C9H8F3NO3/c1-15-7-3-6(9(10,11)12)5(4-13-7)8(14)16-2/h3-4H,1-2H3. The summed E-state index contributed by atoms with van der Waals surface area (Å²) in [5, 5.41) is 0. The van der Waals surface area contributed by atoms with E-state index in [4.69, 9.17) is 0 Å². The van der Waals surface area contributed by atoms with Crippen molar-refractivity contribution in [1.29, 1.82) is 0 Å². The van der Waals surface area contributed by atoms with Crippen LogP contribution in [0.15, 0.2) is 12.3 Å². The zero-order chi connectivity index (χ0) is 12.3. The van der Waals surface area contributed by atoms with E-state index in [-0.39, 0.29) is 5.88 Å². The van der Waals surface area contributed by atoms with Gasteiger partial charge in [0.15, 0.2) is 0 Å². The highest BCUT2D eigenvalue weighted by molar-refractivity contribution is 5.91. The Morgan fingerprint density at radius 3 is 2.44 bits per heavy atom. The Balaban J connectivity index is 3.33. The third-order valence-electron chi connectivity index (χ3n) is 1.80. The van der Waals surface area contributed by atoms with Crippen molar-refractivity contribution in [2.75, 3.05) is 14.2 Å². The molecule has 0 amide bonds. The lowest BCUT2D eigenvalue weighted by atomic mass is 10.1. The minimum absolute atomic E-state index is 0.222. The van der Waals surface area contributed by atoms with Crippen molar-refractivity contribution in [1.82, 2.24) is 4.98 Å². The molecule has 0 fully saturated rings. The van der Waals surface area contributed by atoms with Crippen LogP contribution >= 0.6 is 0 Å². The molecule has 1 aromatic rings. The maximum atomic E-state index is 12.6. The zero-order valence-corrected chi connectivity index (χ0v) is 8.46. The Labute approximate surface area is 89.0 Å². The average Bonchev–Trinajstić information content (AvgIpc) is 2.26. The topological polar surface area (TPSA) is 48.4 Å². The summed E-state index contributed by atoms with van der Waals surface area (Å²) in [5.74, 6) is -1.32. The predicted octanol–water partition coefficient (Wildman–Crippen LogP) is 1.90. The van der Waals surface area contributed by atoms with E-state index in [1.807, 2.05) is 0 Å². The van der Waals surface area contributed by atoms with Gasteiger partial charge in [-0.3, -0.25) is 0 Å². The molecule has 0 atom stereocenters. The number of carbonyl (C=O) groups excluding carboxylic acids is 1. The largest absolute Gasteiger partial charge is 0.481 e. The van der Waals surface area contributed by atoms with Crippen LogP contribution < -0.4 is 4.74 Å². The minimum Gasteiger partial charge on any atom is -0.481 e. The van der Waals surface area contributed by atoms with E-state index in [0.717, 1.165) is 13.3 Å². The summed E-state index contributed by atoms with van der Waals surface area (Å²) in [5.41, 5.74) is -1.78. The average molecular weight is 235 g/mol. The number of esters is 1. The molecule has 4 nitrogen and oxygen atoms in total. The SMILES string of the molecule is COC(=O)c1cnc(OC)cc1C(F)(F)F. The van der Waals surface area contributed by atoms with Crippen LogP contribution in [0, 0.1) is 0 Å².